The molecule has 0 saturated heterocycles. The molecular formula is C10H15N3. The Balaban J connectivity index is 2.43. The molecule has 1 aliphatic rings. The summed E-state index contributed by atoms with van der Waals surface area (Å²) in [5.41, 5.74) is 2.58. The topological polar surface area (TPSA) is 21.1 Å². The molecule has 0 radical (unpaired) electrons. The third-order valence-corrected chi connectivity index (χ3v) is 2.33. The number of hydrogen-bond acceptors (Lipinski definition) is 2. The summed E-state index contributed by atoms with van der Waals surface area (Å²) in [5, 5.41) is 4.37. The zero-order valence-electron chi connectivity index (χ0n) is 8.36. The summed E-state index contributed by atoms with van der Waals surface area (Å²) in [6.07, 6.45) is 6.15. The second kappa shape index (κ2) is 2.91. The number of rotatable bonds is 1. The summed E-state index contributed by atoms with van der Waals surface area (Å²) in [6, 6.07) is 0.448. The van der Waals surface area contributed by atoms with Crippen LogP contribution in [0.25, 0.3) is 6.08 Å². The molecule has 1 aromatic heterocycles. The van der Waals surface area contributed by atoms with Gasteiger partial charge in [0, 0.05) is 18.7 Å². The van der Waals surface area contributed by atoms with Crippen LogP contribution in [0.4, 0.5) is 0 Å². The van der Waals surface area contributed by atoms with Crippen molar-refractivity contribution in [1.82, 2.24) is 14.7 Å². The van der Waals surface area contributed by atoms with Gasteiger partial charge in [-0.25, -0.2) is 0 Å². The van der Waals surface area contributed by atoms with E-state index in [0.29, 0.717) is 6.04 Å². The van der Waals surface area contributed by atoms with Crippen LogP contribution in [-0.4, -0.2) is 21.7 Å². The lowest BCUT2D eigenvalue weighted by atomic mass is 10.2. The third-order valence-electron chi connectivity index (χ3n) is 2.33. The molecule has 0 unspecified atom stereocenters. The summed E-state index contributed by atoms with van der Waals surface area (Å²) in [6.45, 7) is 5.28. The Morgan fingerprint density at radius 1 is 1.46 bits per heavy atom. The van der Waals surface area contributed by atoms with E-state index in [4.69, 9.17) is 0 Å². The molecule has 0 aliphatic carbocycles. The van der Waals surface area contributed by atoms with E-state index in [0.717, 1.165) is 6.54 Å². The first-order chi connectivity index (χ1) is 6.18. The summed E-state index contributed by atoms with van der Waals surface area (Å²) < 4.78 is 2.09. The van der Waals surface area contributed by atoms with Gasteiger partial charge in [0.2, 0.25) is 0 Å². The molecule has 0 atom stereocenters. The van der Waals surface area contributed by atoms with Crippen molar-refractivity contribution < 1.29 is 0 Å². The molecule has 0 bridgehead atoms. The second-order valence-electron chi connectivity index (χ2n) is 3.82. The molecule has 2 heterocycles. The van der Waals surface area contributed by atoms with Crippen LogP contribution in [0.3, 0.4) is 0 Å². The van der Waals surface area contributed by atoms with Crippen LogP contribution in [0.1, 0.15) is 31.1 Å². The fourth-order valence-electron chi connectivity index (χ4n) is 1.65. The Kier molecular flexibility index (Phi) is 1.87. The van der Waals surface area contributed by atoms with Crippen LogP contribution in [0.15, 0.2) is 12.4 Å². The molecule has 0 N–H and O–H groups in total. The van der Waals surface area contributed by atoms with Crippen LogP contribution >= 0.6 is 0 Å². The fraction of sp³-hybridized carbons (Fsp3) is 0.500. The molecule has 0 amide bonds. The highest BCUT2D eigenvalue weighted by Gasteiger charge is 2.14. The van der Waals surface area contributed by atoms with Crippen LogP contribution in [0.5, 0.6) is 0 Å². The van der Waals surface area contributed by atoms with Gasteiger partial charge in [-0.05, 0) is 26.1 Å². The van der Waals surface area contributed by atoms with E-state index in [-0.39, 0.29) is 0 Å². The van der Waals surface area contributed by atoms with Gasteiger partial charge in [0.1, 0.15) is 0 Å². The summed E-state index contributed by atoms with van der Waals surface area (Å²) in [7, 11) is 2.08. The Bertz CT molecular complexity index is 336. The fourth-order valence-corrected chi connectivity index (χ4v) is 1.65. The van der Waals surface area contributed by atoms with Gasteiger partial charge in [-0.3, -0.25) is 4.68 Å². The van der Waals surface area contributed by atoms with Crippen LogP contribution < -0.4 is 0 Å². The average Bonchev–Trinajstić information content (AvgIpc) is 2.46. The van der Waals surface area contributed by atoms with Gasteiger partial charge >= 0.3 is 0 Å². The first kappa shape index (κ1) is 8.35. The molecule has 1 aromatic rings. The van der Waals surface area contributed by atoms with Crippen molar-refractivity contribution in [2.75, 3.05) is 7.05 Å². The SMILES string of the molecule is CC(C)n1ncc2c1CN(C)C=C2. The molecule has 0 spiro atoms. The predicted octanol–water partition coefficient (Wildman–Crippen LogP) is 1.88. The van der Waals surface area contributed by atoms with Gasteiger partial charge in [-0.1, -0.05) is 0 Å². The quantitative estimate of drug-likeness (QED) is 0.653. The van der Waals surface area contributed by atoms with Crippen molar-refractivity contribution in [2.45, 2.75) is 26.4 Å². The van der Waals surface area contributed by atoms with Gasteiger partial charge in [-0.15, -0.1) is 0 Å². The van der Waals surface area contributed by atoms with E-state index in [9.17, 15) is 0 Å². The Hall–Kier alpha value is -1.25. The molecule has 0 saturated carbocycles. The monoisotopic (exact) mass is 177 g/mol. The Morgan fingerprint density at radius 2 is 2.23 bits per heavy atom. The molecule has 1 aliphatic heterocycles. The third kappa shape index (κ3) is 1.34. The lowest BCUT2D eigenvalue weighted by Gasteiger charge is -2.21. The summed E-state index contributed by atoms with van der Waals surface area (Å²) >= 11 is 0. The predicted molar refractivity (Wildman–Crippen MR) is 53.1 cm³/mol. The molecule has 13 heavy (non-hydrogen) atoms. The maximum Gasteiger partial charge on any atom is 0.0653 e. The van der Waals surface area contributed by atoms with Crippen LogP contribution in [0.2, 0.25) is 0 Å². The standard InChI is InChI=1S/C10H15N3/c1-8(2)13-10-7-12(3)5-4-9(10)6-11-13/h4-6,8H,7H2,1-3H3. The van der Waals surface area contributed by atoms with E-state index >= 15 is 0 Å². The van der Waals surface area contributed by atoms with E-state index in [1.807, 2.05) is 6.20 Å². The van der Waals surface area contributed by atoms with E-state index < -0.39 is 0 Å². The number of hydrogen-bond donors (Lipinski definition) is 0. The van der Waals surface area contributed by atoms with Gasteiger partial charge in [-0.2, -0.15) is 5.10 Å². The Labute approximate surface area is 78.7 Å². The number of nitrogens with zero attached hydrogens (tertiary/aromatic N) is 3. The molecule has 0 aromatic carbocycles. The Morgan fingerprint density at radius 3 is 2.92 bits per heavy atom. The largest absolute Gasteiger partial charge is 0.375 e. The van der Waals surface area contributed by atoms with Crippen molar-refractivity contribution in [3.63, 3.8) is 0 Å². The minimum absolute atomic E-state index is 0.448. The zero-order valence-corrected chi connectivity index (χ0v) is 8.36. The molecule has 70 valence electrons. The van der Waals surface area contributed by atoms with Crippen LogP contribution in [-0.2, 0) is 6.54 Å². The average molecular weight is 177 g/mol. The summed E-state index contributed by atoms with van der Waals surface area (Å²) in [4.78, 5) is 2.17. The highest BCUT2D eigenvalue weighted by Crippen LogP contribution is 2.20. The van der Waals surface area contributed by atoms with Crippen molar-refractivity contribution >= 4 is 6.08 Å². The van der Waals surface area contributed by atoms with Gasteiger partial charge in [0.25, 0.3) is 0 Å². The van der Waals surface area contributed by atoms with Crippen molar-refractivity contribution in [3.05, 3.63) is 23.7 Å². The van der Waals surface area contributed by atoms with E-state index in [1.54, 1.807) is 0 Å². The maximum absolute atomic E-state index is 4.37. The number of fused-ring (bicyclic) bond motifs is 1. The normalized spacial score (nSPS) is 15.2. The van der Waals surface area contributed by atoms with Gasteiger partial charge < -0.3 is 4.90 Å². The highest BCUT2D eigenvalue weighted by atomic mass is 15.3. The van der Waals surface area contributed by atoms with E-state index in [2.05, 4.69) is 47.9 Å². The van der Waals surface area contributed by atoms with Crippen molar-refractivity contribution in [1.29, 1.82) is 0 Å². The zero-order chi connectivity index (χ0) is 9.42. The second-order valence-corrected chi connectivity index (χ2v) is 3.82. The van der Waals surface area contributed by atoms with Gasteiger partial charge in [0.15, 0.2) is 0 Å². The summed E-state index contributed by atoms with van der Waals surface area (Å²) in [5.74, 6) is 0. The molecular weight excluding hydrogens is 162 g/mol. The first-order valence-corrected chi connectivity index (χ1v) is 4.63. The smallest absolute Gasteiger partial charge is 0.0653 e. The minimum atomic E-state index is 0.448. The lowest BCUT2D eigenvalue weighted by molar-refractivity contribution is 0.405. The highest BCUT2D eigenvalue weighted by molar-refractivity contribution is 5.52. The van der Waals surface area contributed by atoms with Crippen molar-refractivity contribution in [2.24, 2.45) is 0 Å². The van der Waals surface area contributed by atoms with E-state index in [1.165, 1.54) is 11.3 Å². The van der Waals surface area contributed by atoms with Crippen LogP contribution in [0, 0.1) is 0 Å². The molecule has 0 fully saturated rings. The molecule has 3 nitrogen and oxygen atoms in total. The first-order valence-electron chi connectivity index (χ1n) is 4.63. The van der Waals surface area contributed by atoms with Gasteiger partial charge in [0.05, 0.1) is 18.4 Å². The van der Waals surface area contributed by atoms with Crippen molar-refractivity contribution in [3.8, 4) is 0 Å². The lowest BCUT2D eigenvalue weighted by Crippen LogP contribution is -2.18. The molecule has 3 heteroatoms. The number of aromatic nitrogens is 2. The maximum atomic E-state index is 4.37. The molecule has 2 rings (SSSR count). The minimum Gasteiger partial charge on any atom is -0.375 e.